The summed E-state index contributed by atoms with van der Waals surface area (Å²) in [6.07, 6.45) is -0.111. The summed E-state index contributed by atoms with van der Waals surface area (Å²) < 4.78 is 0. The van der Waals surface area contributed by atoms with Crippen molar-refractivity contribution in [1.29, 1.82) is 0 Å². The molecule has 24 heavy (non-hydrogen) atoms. The van der Waals surface area contributed by atoms with Crippen LogP contribution in [0.5, 0.6) is 0 Å². The highest BCUT2D eigenvalue weighted by Crippen LogP contribution is 2.16. The van der Waals surface area contributed by atoms with E-state index in [0.29, 0.717) is 18.8 Å². The topological polar surface area (TPSA) is 52.7 Å². The Bertz CT molecular complexity index is 680. The molecule has 2 aromatic carbocycles. The summed E-state index contributed by atoms with van der Waals surface area (Å²) in [5.41, 5.74) is 1.88. The Balaban J connectivity index is 1.47. The molecule has 5 heteroatoms. The predicted molar refractivity (Wildman–Crippen MR) is 94.9 cm³/mol. The zero-order valence-corrected chi connectivity index (χ0v) is 13.5. The smallest absolute Gasteiger partial charge is 0.233 e. The third kappa shape index (κ3) is 4.13. The summed E-state index contributed by atoms with van der Waals surface area (Å²) in [7, 11) is 0. The number of hydrogen-bond acceptors (Lipinski definition) is 3. The molecule has 0 atom stereocenters. The van der Waals surface area contributed by atoms with Crippen molar-refractivity contribution in [2.24, 2.45) is 0 Å². The minimum atomic E-state index is -0.267. The Kier molecular flexibility index (Phi) is 5.11. The molecule has 0 aliphatic carbocycles. The number of rotatable bonds is 4. The third-order valence-electron chi connectivity index (χ3n) is 4.12. The second-order valence-electron chi connectivity index (χ2n) is 5.79. The molecule has 1 aliphatic heterocycles. The van der Waals surface area contributed by atoms with E-state index in [1.54, 1.807) is 17.0 Å². The first-order valence-corrected chi connectivity index (χ1v) is 8.15. The van der Waals surface area contributed by atoms with Crippen LogP contribution in [-0.4, -0.2) is 42.9 Å². The van der Waals surface area contributed by atoms with Crippen LogP contribution in [0.15, 0.2) is 60.7 Å². The van der Waals surface area contributed by atoms with Crippen LogP contribution in [0.2, 0.25) is 0 Å². The van der Waals surface area contributed by atoms with Crippen molar-refractivity contribution < 1.29 is 9.59 Å². The zero-order valence-electron chi connectivity index (χ0n) is 13.5. The first-order valence-electron chi connectivity index (χ1n) is 8.15. The van der Waals surface area contributed by atoms with Crippen LogP contribution in [0.25, 0.3) is 0 Å². The number of para-hydroxylation sites is 2. The summed E-state index contributed by atoms with van der Waals surface area (Å²) in [6, 6.07) is 19.4. The van der Waals surface area contributed by atoms with Crippen molar-refractivity contribution >= 4 is 23.2 Å². The average molecular weight is 323 g/mol. The van der Waals surface area contributed by atoms with Gasteiger partial charge in [-0.2, -0.15) is 0 Å². The molecular weight excluding hydrogens is 302 g/mol. The Labute approximate surface area is 141 Å². The lowest BCUT2D eigenvalue weighted by molar-refractivity contribution is -0.134. The molecular formula is C19H21N3O2. The Hall–Kier alpha value is -2.82. The van der Waals surface area contributed by atoms with Crippen molar-refractivity contribution in [2.75, 3.05) is 36.4 Å². The molecule has 1 aliphatic rings. The number of carbonyl (C=O) groups is 2. The van der Waals surface area contributed by atoms with Crippen LogP contribution in [0.1, 0.15) is 6.42 Å². The van der Waals surface area contributed by atoms with Crippen LogP contribution < -0.4 is 10.2 Å². The third-order valence-corrected chi connectivity index (χ3v) is 4.12. The van der Waals surface area contributed by atoms with Gasteiger partial charge in [0.1, 0.15) is 6.42 Å². The fourth-order valence-electron chi connectivity index (χ4n) is 2.83. The van der Waals surface area contributed by atoms with Crippen LogP contribution in [0.4, 0.5) is 11.4 Å². The van der Waals surface area contributed by atoms with Crippen molar-refractivity contribution in [3.8, 4) is 0 Å². The Morgan fingerprint density at radius 1 is 0.833 bits per heavy atom. The monoisotopic (exact) mass is 323 g/mol. The van der Waals surface area contributed by atoms with Gasteiger partial charge >= 0.3 is 0 Å². The van der Waals surface area contributed by atoms with Crippen molar-refractivity contribution in [3.63, 3.8) is 0 Å². The fraction of sp³-hybridized carbons (Fsp3) is 0.263. The van der Waals surface area contributed by atoms with Gasteiger partial charge in [-0.25, -0.2) is 0 Å². The maximum atomic E-state index is 12.3. The van der Waals surface area contributed by atoms with Gasteiger partial charge in [0.2, 0.25) is 11.8 Å². The molecule has 0 bridgehead atoms. The van der Waals surface area contributed by atoms with Gasteiger partial charge in [-0.05, 0) is 24.3 Å². The lowest BCUT2D eigenvalue weighted by Gasteiger charge is -2.36. The Morgan fingerprint density at radius 2 is 1.42 bits per heavy atom. The molecule has 1 saturated heterocycles. The van der Waals surface area contributed by atoms with Gasteiger partial charge < -0.3 is 15.1 Å². The fourth-order valence-corrected chi connectivity index (χ4v) is 2.83. The number of benzene rings is 2. The first kappa shape index (κ1) is 16.1. The molecule has 2 aromatic rings. The standard InChI is InChI=1S/C19H21N3O2/c23-18(20-16-7-3-1-4-8-16)15-19(24)22-13-11-21(12-14-22)17-9-5-2-6-10-17/h1-10H,11-15H2,(H,20,23). The molecule has 5 nitrogen and oxygen atoms in total. The average Bonchev–Trinajstić information content (AvgIpc) is 2.63. The lowest BCUT2D eigenvalue weighted by atomic mass is 10.2. The van der Waals surface area contributed by atoms with Crippen LogP contribution in [0.3, 0.4) is 0 Å². The Morgan fingerprint density at radius 3 is 2.04 bits per heavy atom. The number of piperazine rings is 1. The highest BCUT2D eigenvalue weighted by Gasteiger charge is 2.22. The summed E-state index contributed by atoms with van der Waals surface area (Å²) >= 11 is 0. The van der Waals surface area contributed by atoms with Crippen molar-refractivity contribution in [2.45, 2.75) is 6.42 Å². The molecule has 1 heterocycles. The normalized spacial score (nSPS) is 14.3. The van der Waals surface area contributed by atoms with Crippen LogP contribution in [-0.2, 0) is 9.59 Å². The van der Waals surface area contributed by atoms with Crippen molar-refractivity contribution in [1.82, 2.24) is 4.90 Å². The minimum Gasteiger partial charge on any atom is -0.368 e. The van der Waals surface area contributed by atoms with E-state index in [0.717, 1.165) is 13.1 Å². The lowest BCUT2D eigenvalue weighted by Crippen LogP contribution is -2.49. The maximum absolute atomic E-state index is 12.3. The van der Waals surface area contributed by atoms with Gasteiger partial charge in [-0.1, -0.05) is 36.4 Å². The molecule has 124 valence electrons. The summed E-state index contributed by atoms with van der Waals surface area (Å²) in [5, 5.41) is 2.75. The van der Waals surface area contributed by atoms with E-state index in [1.807, 2.05) is 36.4 Å². The number of hydrogen-bond donors (Lipinski definition) is 1. The van der Waals surface area contributed by atoms with E-state index < -0.39 is 0 Å². The van der Waals surface area contributed by atoms with Gasteiger partial charge in [0.25, 0.3) is 0 Å². The molecule has 1 N–H and O–H groups in total. The summed E-state index contributed by atoms with van der Waals surface area (Å²) in [5.74, 6) is -0.382. The second kappa shape index (κ2) is 7.64. The molecule has 0 radical (unpaired) electrons. The highest BCUT2D eigenvalue weighted by molar-refractivity contribution is 6.03. The van der Waals surface area contributed by atoms with Gasteiger partial charge in [-0.3, -0.25) is 9.59 Å². The molecule has 1 fully saturated rings. The summed E-state index contributed by atoms with van der Waals surface area (Å²) in [4.78, 5) is 28.3. The SMILES string of the molecule is O=C(CC(=O)N1CCN(c2ccccc2)CC1)Nc1ccccc1. The van der Waals surface area contributed by atoms with Gasteiger partial charge in [-0.15, -0.1) is 0 Å². The van der Waals surface area contributed by atoms with Crippen molar-refractivity contribution in [3.05, 3.63) is 60.7 Å². The van der Waals surface area contributed by atoms with E-state index in [2.05, 4.69) is 22.3 Å². The van der Waals surface area contributed by atoms with Crippen LogP contribution in [0, 0.1) is 0 Å². The largest absolute Gasteiger partial charge is 0.368 e. The predicted octanol–water partition coefficient (Wildman–Crippen LogP) is 2.36. The molecule has 0 spiro atoms. The summed E-state index contributed by atoms with van der Waals surface area (Å²) in [6.45, 7) is 2.87. The van der Waals surface area contributed by atoms with Crippen LogP contribution >= 0.6 is 0 Å². The van der Waals surface area contributed by atoms with E-state index in [9.17, 15) is 9.59 Å². The number of anilines is 2. The van der Waals surface area contributed by atoms with E-state index in [-0.39, 0.29) is 18.2 Å². The minimum absolute atomic E-state index is 0.111. The van der Waals surface area contributed by atoms with E-state index in [1.165, 1.54) is 5.69 Å². The molecule has 0 unspecified atom stereocenters. The highest BCUT2D eigenvalue weighted by atomic mass is 16.2. The number of nitrogens with zero attached hydrogens (tertiary/aromatic N) is 2. The molecule has 2 amide bonds. The molecule has 3 rings (SSSR count). The quantitative estimate of drug-likeness (QED) is 0.879. The number of nitrogens with one attached hydrogen (secondary N) is 1. The first-order chi connectivity index (χ1) is 11.7. The second-order valence-corrected chi connectivity index (χ2v) is 5.79. The number of amides is 2. The number of carbonyl (C=O) groups excluding carboxylic acids is 2. The van der Waals surface area contributed by atoms with Gasteiger partial charge in [0, 0.05) is 37.6 Å². The molecule has 0 saturated carbocycles. The zero-order chi connectivity index (χ0) is 16.8. The van der Waals surface area contributed by atoms with E-state index >= 15 is 0 Å². The maximum Gasteiger partial charge on any atom is 0.233 e. The van der Waals surface area contributed by atoms with E-state index in [4.69, 9.17) is 0 Å². The molecule has 0 aromatic heterocycles. The van der Waals surface area contributed by atoms with Gasteiger partial charge in [0.05, 0.1) is 0 Å². The van der Waals surface area contributed by atoms with Gasteiger partial charge in [0.15, 0.2) is 0 Å².